The summed E-state index contributed by atoms with van der Waals surface area (Å²) in [6.07, 6.45) is 4.55. The summed E-state index contributed by atoms with van der Waals surface area (Å²) in [5, 5.41) is 5.97. The molecule has 1 heterocycles. The number of nitrogens with one attached hydrogen (secondary N) is 2. The SMILES string of the molecule is CCCCCNC(=O)c1ccnc(C(=O)Nc2ccccc2Cl)c1. The first-order chi connectivity index (χ1) is 11.6. The van der Waals surface area contributed by atoms with Crippen molar-refractivity contribution in [1.82, 2.24) is 10.3 Å². The lowest BCUT2D eigenvalue weighted by atomic mass is 10.2. The lowest BCUT2D eigenvalue weighted by Gasteiger charge is -2.08. The largest absolute Gasteiger partial charge is 0.352 e. The van der Waals surface area contributed by atoms with E-state index in [0.717, 1.165) is 19.3 Å². The minimum absolute atomic E-state index is 0.163. The second-order valence-corrected chi connectivity index (χ2v) is 5.73. The highest BCUT2D eigenvalue weighted by Gasteiger charge is 2.13. The van der Waals surface area contributed by atoms with Crippen molar-refractivity contribution in [3.05, 3.63) is 58.9 Å². The first kappa shape index (κ1) is 17.9. The molecule has 2 N–H and O–H groups in total. The van der Waals surface area contributed by atoms with Crippen molar-refractivity contribution in [3.8, 4) is 0 Å². The van der Waals surface area contributed by atoms with Crippen LogP contribution in [0.5, 0.6) is 0 Å². The maximum atomic E-state index is 12.3. The zero-order valence-electron chi connectivity index (χ0n) is 13.5. The van der Waals surface area contributed by atoms with Gasteiger partial charge in [0.15, 0.2) is 0 Å². The fourth-order valence-corrected chi connectivity index (χ4v) is 2.31. The number of aromatic nitrogens is 1. The Hall–Kier alpha value is -2.40. The third-order valence-corrected chi connectivity index (χ3v) is 3.77. The highest BCUT2D eigenvalue weighted by molar-refractivity contribution is 6.33. The van der Waals surface area contributed by atoms with Gasteiger partial charge in [-0.1, -0.05) is 43.5 Å². The highest BCUT2D eigenvalue weighted by atomic mass is 35.5. The summed E-state index contributed by atoms with van der Waals surface area (Å²) in [7, 11) is 0. The number of halogens is 1. The fourth-order valence-electron chi connectivity index (χ4n) is 2.12. The van der Waals surface area contributed by atoms with Crippen molar-refractivity contribution >= 4 is 29.1 Å². The molecule has 0 bridgehead atoms. The van der Waals surface area contributed by atoms with E-state index < -0.39 is 5.91 Å². The normalized spacial score (nSPS) is 10.2. The predicted octanol–water partition coefficient (Wildman–Crippen LogP) is 3.91. The Morgan fingerprint density at radius 3 is 2.67 bits per heavy atom. The first-order valence-corrected chi connectivity index (χ1v) is 8.29. The summed E-state index contributed by atoms with van der Waals surface area (Å²) in [6, 6.07) is 9.99. The molecule has 2 aromatic rings. The molecule has 6 heteroatoms. The van der Waals surface area contributed by atoms with Crippen molar-refractivity contribution in [2.75, 3.05) is 11.9 Å². The van der Waals surface area contributed by atoms with Gasteiger partial charge in [0.1, 0.15) is 5.69 Å². The van der Waals surface area contributed by atoms with E-state index in [-0.39, 0.29) is 11.6 Å². The molecule has 1 aromatic heterocycles. The van der Waals surface area contributed by atoms with Crippen LogP contribution in [0, 0.1) is 0 Å². The van der Waals surface area contributed by atoms with Crippen LogP contribution in [-0.4, -0.2) is 23.3 Å². The number of amides is 2. The van der Waals surface area contributed by atoms with Gasteiger partial charge in [0.05, 0.1) is 10.7 Å². The maximum Gasteiger partial charge on any atom is 0.274 e. The van der Waals surface area contributed by atoms with Crippen LogP contribution in [0.2, 0.25) is 5.02 Å². The van der Waals surface area contributed by atoms with Gasteiger partial charge in [-0.05, 0) is 30.7 Å². The van der Waals surface area contributed by atoms with E-state index in [1.54, 1.807) is 30.3 Å². The molecule has 0 radical (unpaired) electrons. The van der Waals surface area contributed by atoms with Gasteiger partial charge < -0.3 is 10.6 Å². The number of carbonyl (C=O) groups is 2. The van der Waals surface area contributed by atoms with Gasteiger partial charge >= 0.3 is 0 Å². The molecule has 5 nitrogen and oxygen atoms in total. The third-order valence-electron chi connectivity index (χ3n) is 3.44. The van der Waals surface area contributed by atoms with E-state index in [2.05, 4.69) is 22.5 Å². The average molecular weight is 346 g/mol. The van der Waals surface area contributed by atoms with Crippen LogP contribution >= 0.6 is 11.6 Å². The monoisotopic (exact) mass is 345 g/mol. The molecule has 2 amide bonds. The van der Waals surface area contributed by atoms with Gasteiger partial charge in [-0.3, -0.25) is 14.6 Å². The number of nitrogens with zero attached hydrogens (tertiary/aromatic N) is 1. The van der Waals surface area contributed by atoms with Crippen molar-refractivity contribution in [2.45, 2.75) is 26.2 Å². The summed E-state index contributed by atoms with van der Waals surface area (Å²) < 4.78 is 0. The minimum atomic E-state index is -0.413. The average Bonchev–Trinajstić information content (AvgIpc) is 2.60. The second-order valence-electron chi connectivity index (χ2n) is 5.33. The Labute approximate surface area is 146 Å². The molecule has 0 fully saturated rings. The van der Waals surface area contributed by atoms with Crippen molar-refractivity contribution < 1.29 is 9.59 Å². The molecule has 0 spiro atoms. The number of pyridine rings is 1. The first-order valence-electron chi connectivity index (χ1n) is 7.92. The Kier molecular flexibility index (Phi) is 6.75. The van der Waals surface area contributed by atoms with Crippen LogP contribution in [0.4, 0.5) is 5.69 Å². The lowest BCUT2D eigenvalue weighted by Crippen LogP contribution is -2.25. The molecule has 0 aliphatic heterocycles. The zero-order valence-corrected chi connectivity index (χ0v) is 14.3. The Bertz CT molecular complexity index is 719. The molecule has 0 saturated carbocycles. The van der Waals surface area contributed by atoms with E-state index in [0.29, 0.717) is 22.8 Å². The standard InChI is InChI=1S/C18H20ClN3O2/c1-2-3-6-10-21-17(23)13-9-11-20-16(12-13)18(24)22-15-8-5-4-7-14(15)19/h4-5,7-9,11-12H,2-3,6,10H2,1H3,(H,21,23)(H,22,24). The van der Waals surface area contributed by atoms with Crippen molar-refractivity contribution in [1.29, 1.82) is 0 Å². The molecule has 2 rings (SSSR count). The molecule has 0 aliphatic rings. The molecule has 1 aromatic carbocycles. The molecule has 0 aliphatic carbocycles. The Balaban J connectivity index is 2.02. The number of hydrogen-bond acceptors (Lipinski definition) is 3. The van der Waals surface area contributed by atoms with E-state index in [1.807, 2.05) is 0 Å². The molecule has 126 valence electrons. The summed E-state index contributed by atoms with van der Waals surface area (Å²) in [5.41, 5.74) is 1.07. The summed E-state index contributed by atoms with van der Waals surface area (Å²) in [4.78, 5) is 28.4. The van der Waals surface area contributed by atoms with Gasteiger partial charge in [0.2, 0.25) is 0 Å². The van der Waals surface area contributed by atoms with Gasteiger partial charge in [-0.15, -0.1) is 0 Å². The molecule has 24 heavy (non-hydrogen) atoms. The maximum absolute atomic E-state index is 12.3. The summed E-state index contributed by atoms with van der Waals surface area (Å²) in [6.45, 7) is 2.73. The lowest BCUT2D eigenvalue weighted by molar-refractivity contribution is 0.0953. The van der Waals surface area contributed by atoms with Gasteiger partial charge in [-0.25, -0.2) is 0 Å². The quantitative estimate of drug-likeness (QED) is 0.747. The molecule has 0 unspecified atom stereocenters. The number of rotatable bonds is 7. The van der Waals surface area contributed by atoms with Crippen molar-refractivity contribution in [2.24, 2.45) is 0 Å². The predicted molar refractivity (Wildman–Crippen MR) is 95.5 cm³/mol. The van der Waals surface area contributed by atoms with Crippen LogP contribution in [0.25, 0.3) is 0 Å². The second kappa shape index (κ2) is 9.03. The smallest absolute Gasteiger partial charge is 0.274 e. The van der Waals surface area contributed by atoms with Crippen LogP contribution in [0.15, 0.2) is 42.6 Å². The highest BCUT2D eigenvalue weighted by Crippen LogP contribution is 2.21. The number of carbonyl (C=O) groups excluding carboxylic acids is 2. The van der Waals surface area contributed by atoms with E-state index in [1.165, 1.54) is 12.3 Å². The third kappa shape index (κ3) is 5.06. The van der Waals surface area contributed by atoms with Crippen LogP contribution < -0.4 is 10.6 Å². The van der Waals surface area contributed by atoms with Gasteiger partial charge in [0.25, 0.3) is 11.8 Å². The summed E-state index contributed by atoms with van der Waals surface area (Å²) in [5.74, 6) is -0.621. The van der Waals surface area contributed by atoms with Gasteiger partial charge in [-0.2, -0.15) is 0 Å². The number of benzene rings is 1. The summed E-state index contributed by atoms with van der Waals surface area (Å²) >= 11 is 6.02. The Morgan fingerprint density at radius 2 is 1.92 bits per heavy atom. The zero-order chi connectivity index (χ0) is 17.4. The number of hydrogen-bond donors (Lipinski definition) is 2. The topological polar surface area (TPSA) is 71.1 Å². The van der Waals surface area contributed by atoms with Crippen LogP contribution in [0.1, 0.15) is 47.0 Å². The number of anilines is 1. The van der Waals surface area contributed by atoms with E-state index in [9.17, 15) is 9.59 Å². The van der Waals surface area contributed by atoms with Crippen LogP contribution in [0.3, 0.4) is 0 Å². The van der Waals surface area contributed by atoms with Gasteiger partial charge in [0, 0.05) is 18.3 Å². The van der Waals surface area contributed by atoms with Crippen molar-refractivity contribution in [3.63, 3.8) is 0 Å². The molecular formula is C18H20ClN3O2. The van der Waals surface area contributed by atoms with E-state index >= 15 is 0 Å². The fraction of sp³-hybridized carbons (Fsp3) is 0.278. The van der Waals surface area contributed by atoms with Crippen LogP contribution in [-0.2, 0) is 0 Å². The molecular weight excluding hydrogens is 326 g/mol. The molecule has 0 saturated heterocycles. The number of unbranched alkanes of at least 4 members (excludes halogenated alkanes) is 2. The Morgan fingerprint density at radius 1 is 1.12 bits per heavy atom. The number of para-hydroxylation sites is 1. The van der Waals surface area contributed by atoms with E-state index in [4.69, 9.17) is 11.6 Å². The minimum Gasteiger partial charge on any atom is -0.352 e. The molecule has 0 atom stereocenters.